The fraction of sp³-hybridized carbons (Fsp3) is 0.0417. The zero-order chi connectivity index (χ0) is 19.5. The molecule has 1 N–H and O–H groups in total. The van der Waals surface area contributed by atoms with E-state index in [1.54, 1.807) is 0 Å². The molecule has 4 rings (SSSR count). The Bertz CT molecular complexity index is 1130. The van der Waals surface area contributed by atoms with Crippen LogP contribution in [0.15, 0.2) is 78.9 Å². The van der Waals surface area contributed by atoms with E-state index >= 15 is 0 Å². The average Bonchev–Trinajstić information content (AvgIpc) is 3.22. The molecule has 0 aliphatic carbocycles. The van der Waals surface area contributed by atoms with Crippen LogP contribution in [0.3, 0.4) is 0 Å². The SMILES string of the molecule is Cc1c(Cl)cccc1Nc1ccccc1-c1[c]sc(C(=O)c2ccccc2)c1. The Morgan fingerprint density at radius 3 is 2.46 bits per heavy atom. The summed E-state index contributed by atoms with van der Waals surface area (Å²) in [6.07, 6.45) is 0. The summed E-state index contributed by atoms with van der Waals surface area (Å²) in [6.45, 7) is 1.99. The largest absolute Gasteiger partial charge is 0.355 e. The van der Waals surface area contributed by atoms with Gasteiger partial charge >= 0.3 is 0 Å². The summed E-state index contributed by atoms with van der Waals surface area (Å²) in [7, 11) is 0. The molecule has 0 spiro atoms. The van der Waals surface area contributed by atoms with Crippen molar-refractivity contribution in [1.82, 2.24) is 0 Å². The lowest BCUT2D eigenvalue weighted by Gasteiger charge is -2.14. The molecule has 137 valence electrons. The van der Waals surface area contributed by atoms with Crippen molar-refractivity contribution in [3.63, 3.8) is 0 Å². The molecule has 4 heteroatoms. The Labute approximate surface area is 173 Å². The average molecular weight is 403 g/mol. The fourth-order valence-corrected chi connectivity index (χ4v) is 3.94. The first-order valence-electron chi connectivity index (χ1n) is 8.86. The van der Waals surface area contributed by atoms with E-state index in [4.69, 9.17) is 11.6 Å². The predicted molar refractivity (Wildman–Crippen MR) is 118 cm³/mol. The number of rotatable bonds is 5. The number of carbonyl (C=O) groups is 1. The molecule has 0 aliphatic rings. The van der Waals surface area contributed by atoms with E-state index in [0.29, 0.717) is 10.4 Å². The maximum absolute atomic E-state index is 12.7. The van der Waals surface area contributed by atoms with E-state index in [1.807, 2.05) is 85.8 Å². The van der Waals surface area contributed by atoms with Crippen LogP contribution in [0, 0.1) is 12.3 Å². The molecule has 0 saturated carbocycles. The summed E-state index contributed by atoms with van der Waals surface area (Å²) >= 11 is 7.60. The highest BCUT2D eigenvalue weighted by Crippen LogP contribution is 2.35. The molecule has 0 unspecified atom stereocenters. The van der Waals surface area contributed by atoms with Crippen molar-refractivity contribution in [3.05, 3.63) is 105 Å². The van der Waals surface area contributed by atoms with Gasteiger partial charge in [-0.25, -0.2) is 0 Å². The summed E-state index contributed by atoms with van der Waals surface area (Å²) in [6, 6.07) is 25.0. The number of carbonyl (C=O) groups excluding carboxylic acids is 1. The summed E-state index contributed by atoms with van der Waals surface area (Å²) < 4.78 is 0. The smallest absolute Gasteiger partial charge is 0.202 e. The summed E-state index contributed by atoms with van der Waals surface area (Å²) in [5.41, 5.74) is 5.46. The van der Waals surface area contributed by atoms with Gasteiger partial charge in [0.1, 0.15) is 0 Å². The van der Waals surface area contributed by atoms with Crippen molar-refractivity contribution < 1.29 is 4.79 Å². The van der Waals surface area contributed by atoms with E-state index in [9.17, 15) is 4.79 Å². The zero-order valence-corrected chi connectivity index (χ0v) is 16.8. The highest BCUT2D eigenvalue weighted by atomic mass is 35.5. The molecule has 0 fully saturated rings. The van der Waals surface area contributed by atoms with Crippen LogP contribution >= 0.6 is 22.9 Å². The van der Waals surface area contributed by atoms with E-state index < -0.39 is 0 Å². The lowest BCUT2D eigenvalue weighted by molar-refractivity contribution is 0.104. The normalized spacial score (nSPS) is 10.6. The van der Waals surface area contributed by atoms with Gasteiger partial charge < -0.3 is 5.32 Å². The number of thiophene rings is 1. The molecular weight excluding hydrogens is 386 g/mol. The molecule has 28 heavy (non-hydrogen) atoms. The van der Waals surface area contributed by atoms with Gasteiger partial charge in [-0.05, 0) is 36.8 Å². The number of para-hydroxylation sites is 1. The van der Waals surface area contributed by atoms with Crippen molar-refractivity contribution in [2.75, 3.05) is 5.32 Å². The van der Waals surface area contributed by atoms with Crippen LogP contribution in [0.4, 0.5) is 11.4 Å². The van der Waals surface area contributed by atoms with Crippen molar-refractivity contribution in [1.29, 1.82) is 0 Å². The van der Waals surface area contributed by atoms with Crippen molar-refractivity contribution in [2.24, 2.45) is 0 Å². The maximum atomic E-state index is 12.7. The molecule has 1 radical (unpaired) electrons. The second kappa shape index (κ2) is 8.01. The quantitative estimate of drug-likeness (QED) is 0.359. The molecular formula is C24H17ClNOS. The first kappa shape index (κ1) is 18.5. The van der Waals surface area contributed by atoms with Gasteiger partial charge in [-0.3, -0.25) is 4.79 Å². The van der Waals surface area contributed by atoms with Crippen LogP contribution in [0.1, 0.15) is 20.8 Å². The number of benzene rings is 3. The van der Waals surface area contributed by atoms with Gasteiger partial charge in [0.15, 0.2) is 0 Å². The molecule has 0 amide bonds. The van der Waals surface area contributed by atoms with Crippen molar-refractivity contribution >= 4 is 40.1 Å². The fourth-order valence-electron chi connectivity index (χ4n) is 2.99. The number of anilines is 2. The van der Waals surface area contributed by atoms with Crippen LogP contribution in [0.25, 0.3) is 11.1 Å². The van der Waals surface area contributed by atoms with E-state index in [0.717, 1.165) is 33.1 Å². The van der Waals surface area contributed by atoms with Crippen molar-refractivity contribution in [3.8, 4) is 11.1 Å². The molecule has 1 heterocycles. The van der Waals surface area contributed by atoms with Crippen LogP contribution in [-0.2, 0) is 0 Å². The molecule has 0 bridgehead atoms. The minimum atomic E-state index is 0.0178. The highest BCUT2D eigenvalue weighted by molar-refractivity contribution is 7.12. The lowest BCUT2D eigenvalue weighted by atomic mass is 10.0. The Morgan fingerprint density at radius 2 is 1.64 bits per heavy atom. The molecule has 1 aromatic heterocycles. The highest BCUT2D eigenvalue weighted by Gasteiger charge is 2.14. The minimum Gasteiger partial charge on any atom is -0.355 e. The third-order valence-electron chi connectivity index (χ3n) is 4.56. The molecule has 0 saturated heterocycles. The van der Waals surface area contributed by atoms with Crippen molar-refractivity contribution in [2.45, 2.75) is 6.92 Å². The van der Waals surface area contributed by atoms with E-state index in [2.05, 4.69) is 10.7 Å². The van der Waals surface area contributed by atoms with E-state index in [-0.39, 0.29) is 5.78 Å². The molecule has 0 aliphatic heterocycles. The Morgan fingerprint density at radius 1 is 0.929 bits per heavy atom. The predicted octanol–water partition coefficient (Wildman–Crippen LogP) is 7.15. The van der Waals surface area contributed by atoms with Crippen LogP contribution < -0.4 is 5.32 Å². The minimum absolute atomic E-state index is 0.0178. The molecule has 3 aromatic carbocycles. The zero-order valence-electron chi connectivity index (χ0n) is 15.2. The van der Waals surface area contributed by atoms with Gasteiger partial charge in [0.25, 0.3) is 0 Å². The summed E-state index contributed by atoms with van der Waals surface area (Å²) in [5.74, 6) is 0.0178. The second-order valence-electron chi connectivity index (χ2n) is 6.40. The Hall–Kier alpha value is -2.88. The van der Waals surface area contributed by atoms with E-state index in [1.165, 1.54) is 11.3 Å². The van der Waals surface area contributed by atoms with Gasteiger partial charge in [0, 0.05) is 33.1 Å². The monoisotopic (exact) mass is 402 g/mol. The number of halogens is 1. The molecule has 0 atom stereocenters. The van der Waals surface area contributed by atoms with Gasteiger partial charge in [-0.15, -0.1) is 11.3 Å². The van der Waals surface area contributed by atoms with Gasteiger partial charge in [-0.1, -0.05) is 66.2 Å². The van der Waals surface area contributed by atoms with Gasteiger partial charge in [0.2, 0.25) is 5.78 Å². The second-order valence-corrected chi connectivity index (χ2v) is 7.66. The third kappa shape index (κ3) is 3.72. The number of hydrogen-bond acceptors (Lipinski definition) is 3. The number of ketones is 1. The number of hydrogen-bond donors (Lipinski definition) is 1. The molecule has 2 nitrogen and oxygen atoms in total. The Kier molecular flexibility index (Phi) is 5.29. The molecule has 4 aromatic rings. The summed E-state index contributed by atoms with van der Waals surface area (Å²) in [4.78, 5) is 13.4. The Balaban J connectivity index is 1.67. The first-order valence-corrected chi connectivity index (χ1v) is 10.1. The maximum Gasteiger partial charge on any atom is 0.202 e. The topological polar surface area (TPSA) is 29.1 Å². The van der Waals surface area contributed by atoms with Crippen LogP contribution in [0.5, 0.6) is 0 Å². The number of nitrogens with one attached hydrogen (secondary N) is 1. The lowest BCUT2D eigenvalue weighted by Crippen LogP contribution is -1.97. The standard InChI is InChI=1S/C24H17ClNOS/c1-16-20(25)11-7-13-21(16)26-22-12-6-5-10-19(22)18-14-23(28-15-18)24(27)17-8-3-2-4-9-17/h2-14,26H,1H3. The van der Waals surface area contributed by atoms with Gasteiger partial charge in [0.05, 0.1) is 10.3 Å². The van der Waals surface area contributed by atoms with Gasteiger partial charge in [-0.2, -0.15) is 0 Å². The first-order chi connectivity index (χ1) is 13.6. The van der Waals surface area contributed by atoms with Crippen LogP contribution in [0.2, 0.25) is 5.02 Å². The third-order valence-corrected chi connectivity index (χ3v) is 5.82. The summed E-state index contributed by atoms with van der Waals surface area (Å²) in [5, 5.41) is 7.47. The van der Waals surface area contributed by atoms with Crippen LogP contribution in [-0.4, -0.2) is 5.78 Å².